The standard InChI is InChI=1S/C22H20Cl2N2O2/c1-15-3-2-4-19(11-15)26-22(27)14-28-21-10-5-16(12-20(21)24)13-25-18-8-6-17(23)7-9-18/h2-12,25H,13-14H2,1H3,(H,26,27). The predicted octanol–water partition coefficient (Wildman–Crippen LogP) is 5.93. The Labute approximate surface area is 174 Å². The molecule has 0 heterocycles. The molecule has 4 nitrogen and oxygen atoms in total. The molecule has 0 radical (unpaired) electrons. The minimum Gasteiger partial charge on any atom is -0.482 e. The first-order valence-corrected chi connectivity index (χ1v) is 9.52. The van der Waals surface area contributed by atoms with E-state index in [9.17, 15) is 4.79 Å². The van der Waals surface area contributed by atoms with Gasteiger partial charge in [-0.1, -0.05) is 41.4 Å². The molecule has 0 bridgehead atoms. The number of aryl methyl sites for hydroxylation is 1. The van der Waals surface area contributed by atoms with Crippen LogP contribution in [0.4, 0.5) is 11.4 Å². The maximum absolute atomic E-state index is 12.1. The van der Waals surface area contributed by atoms with Crippen LogP contribution in [0.5, 0.6) is 5.75 Å². The molecule has 0 aliphatic carbocycles. The summed E-state index contributed by atoms with van der Waals surface area (Å²) in [6.45, 7) is 2.46. The van der Waals surface area contributed by atoms with E-state index in [1.807, 2.05) is 67.6 Å². The van der Waals surface area contributed by atoms with Crippen LogP contribution in [0.1, 0.15) is 11.1 Å². The minimum absolute atomic E-state index is 0.115. The molecule has 1 amide bonds. The number of halogens is 2. The van der Waals surface area contributed by atoms with Gasteiger partial charge in [0.1, 0.15) is 5.75 Å². The first-order chi connectivity index (χ1) is 13.5. The van der Waals surface area contributed by atoms with E-state index in [4.69, 9.17) is 27.9 Å². The summed E-state index contributed by atoms with van der Waals surface area (Å²) in [5.74, 6) is 0.228. The van der Waals surface area contributed by atoms with Crippen LogP contribution in [0.2, 0.25) is 10.0 Å². The summed E-state index contributed by atoms with van der Waals surface area (Å²) in [4.78, 5) is 12.1. The zero-order valence-corrected chi connectivity index (χ0v) is 16.8. The van der Waals surface area contributed by atoms with Crippen molar-refractivity contribution in [2.45, 2.75) is 13.5 Å². The van der Waals surface area contributed by atoms with E-state index in [0.29, 0.717) is 22.3 Å². The highest BCUT2D eigenvalue weighted by Crippen LogP contribution is 2.26. The minimum atomic E-state index is -0.241. The average Bonchev–Trinajstić information content (AvgIpc) is 2.67. The Hall–Kier alpha value is -2.69. The topological polar surface area (TPSA) is 50.4 Å². The van der Waals surface area contributed by atoms with Gasteiger partial charge in [-0.05, 0) is 66.6 Å². The SMILES string of the molecule is Cc1cccc(NC(=O)COc2ccc(CNc3ccc(Cl)cc3)cc2Cl)c1. The van der Waals surface area contributed by atoms with Gasteiger partial charge in [0, 0.05) is 22.9 Å². The summed E-state index contributed by atoms with van der Waals surface area (Å²) in [6, 6.07) is 20.6. The number of benzene rings is 3. The largest absolute Gasteiger partial charge is 0.482 e. The van der Waals surface area contributed by atoms with Crippen molar-refractivity contribution in [1.82, 2.24) is 0 Å². The number of rotatable bonds is 7. The molecule has 0 saturated carbocycles. The van der Waals surface area contributed by atoms with Crippen molar-refractivity contribution in [3.8, 4) is 5.75 Å². The number of hydrogen-bond donors (Lipinski definition) is 2. The molecular weight excluding hydrogens is 395 g/mol. The summed E-state index contributed by atoms with van der Waals surface area (Å²) in [5, 5.41) is 7.25. The van der Waals surface area contributed by atoms with E-state index < -0.39 is 0 Å². The molecule has 0 spiro atoms. The molecule has 2 N–H and O–H groups in total. The first-order valence-electron chi connectivity index (χ1n) is 8.77. The Kier molecular flexibility index (Phi) is 6.80. The van der Waals surface area contributed by atoms with Crippen LogP contribution >= 0.6 is 23.2 Å². The molecule has 6 heteroatoms. The van der Waals surface area contributed by atoms with Crippen LogP contribution in [0.25, 0.3) is 0 Å². The third-order valence-corrected chi connectivity index (χ3v) is 4.55. The lowest BCUT2D eigenvalue weighted by molar-refractivity contribution is -0.118. The van der Waals surface area contributed by atoms with E-state index in [-0.39, 0.29) is 12.5 Å². The zero-order chi connectivity index (χ0) is 19.9. The van der Waals surface area contributed by atoms with Crippen molar-refractivity contribution in [3.63, 3.8) is 0 Å². The molecule has 28 heavy (non-hydrogen) atoms. The molecule has 0 unspecified atom stereocenters. The maximum Gasteiger partial charge on any atom is 0.262 e. The summed E-state index contributed by atoms with van der Waals surface area (Å²) in [7, 11) is 0. The van der Waals surface area contributed by atoms with Gasteiger partial charge in [-0.3, -0.25) is 4.79 Å². The van der Waals surface area contributed by atoms with Gasteiger partial charge in [0.15, 0.2) is 6.61 Å². The predicted molar refractivity (Wildman–Crippen MR) is 116 cm³/mol. The lowest BCUT2D eigenvalue weighted by atomic mass is 10.2. The summed E-state index contributed by atoms with van der Waals surface area (Å²) < 4.78 is 5.55. The summed E-state index contributed by atoms with van der Waals surface area (Å²) in [5.41, 5.74) is 3.78. The second-order valence-electron chi connectivity index (χ2n) is 6.33. The van der Waals surface area contributed by atoms with E-state index in [2.05, 4.69) is 10.6 Å². The Balaban J connectivity index is 1.52. The van der Waals surface area contributed by atoms with Crippen LogP contribution < -0.4 is 15.4 Å². The smallest absolute Gasteiger partial charge is 0.262 e. The van der Waals surface area contributed by atoms with E-state index >= 15 is 0 Å². The van der Waals surface area contributed by atoms with Crippen molar-refractivity contribution in [2.75, 3.05) is 17.2 Å². The molecule has 3 rings (SSSR count). The van der Waals surface area contributed by atoms with Crippen LogP contribution in [0, 0.1) is 6.92 Å². The monoisotopic (exact) mass is 414 g/mol. The molecule has 3 aromatic carbocycles. The van der Waals surface area contributed by atoms with Crippen molar-refractivity contribution < 1.29 is 9.53 Å². The van der Waals surface area contributed by atoms with Crippen LogP contribution in [0.3, 0.4) is 0 Å². The van der Waals surface area contributed by atoms with Gasteiger partial charge >= 0.3 is 0 Å². The number of nitrogens with one attached hydrogen (secondary N) is 2. The van der Waals surface area contributed by atoms with Gasteiger partial charge in [0.2, 0.25) is 0 Å². The molecule has 0 atom stereocenters. The molecule has 0 saturated heterocycles. The number of anilines is 2. The number of ether oxygens (including phenoxy) is 1. The normalized spacial score (nSPS) is 10.4. The van der Waals surface area contributed by atoms with Gasteiger partial charge in [-0.25, -0.2) is 0 Å². The van der Waals surface area contributed by atoms with Gasteiger partial charge in [0.25, 0.3) is 5.91 Å². The Bertz CT molecular complexity index is 959. The average molecular weight is 415 g/mol. The van der Waals surface area contributed by atoms with Crippen LogP contribution in [-0.4, -0.2) is 12.5 Å². The molecule has 0 aromatic heterocycles. The lowest BCUT2D eigenvalue weighted by Crippen LogP contribution is -2.20. The van der Waals surface area contributed by atoms with Gasteiger partial charge in [-0.15, -0.1) is 0 Å². The van der Waals surface area contributed by atoms with Crippen molar-refractivity contribution in [2.24, 2.45) is 0 Å². The summed E-state index contributed by atoms with van der Waals surface area (Å²) in [6.07, 6.45) is 0. The Morgan fingerprint density at radius 3 is 2.46 bits per heavy atom. The van der Waals surface area contributed by atoms with Gasteiger partial charge < -0.3 is 15.4 Å². The number of hydrogen-bond acceptors (Lipinski definition) is 3. The van der Waals surface area contributed by atoms with E-state index in [0.717, 1.165) is 22.5 Å². The Morgan fingerprint density at radius 1 is 0.964 bits per heavy atom. The van der Waals surface area contributed by atoms with Crippen molar-refractivity contribution >= 4 is 40.5 Å². The number of carbonyl (C=O) groups is 1. The second-order valence-corrected chi connectivity index (χ2v) is 7.18. The maximum atomic E-state index is 12.1. The fourth-order valence-corrected chi connectivity index (χ4v) is 2.99. The fourth-order valence-electron chi connectivity index (χ4n) is 2.61. The third-order valence-electron chi connectivity index (χ3n) is 4.00. The van der Waals surface area contributed by atoms with Crippen molar-refractivity contribution in [1.29, 1.82) is 0 Å². The van der Waals surface area contributed by atoms with Crippen LogP contribution in [0.15, 0.2) is 66.7 Å². The van der Waals surface area contributed by atoms with E-state index in [1.165, 1.54) is 0 Å². The Morgan fingerprint density at radius 2 is 1.75 bits per heavy atom. The van der Waals surface area contributed by atoms with Gasteiger partial charge in [-0.2, -0.15) is 0 Å². The highest BCUT2D eigenvalue weighted by molar-refractivity contribution is 6.32. The lowest BCUT2D eigenvalue weighted by Gasteiger charge is -2.11. The molecule has 0 aliphatic rings. The number of carbonyl (C=O) groups excluding carboxylic acids is 1. The second kappa shape index (κ2) is 9.49. The van der Waals surface area contributed by atoms with Crippen molar-refractivity contribution in [3.05, 3.63) is 87.9 Å². The number of amides is 1. The fraction of sp³-hybridized carbons (Fsp3) is 0.136. The molecule has 0 aliphatic heterocycles. The quantitative estimate of drug-likeness (QED) is 0.503. The highest BCUT2D eigenvalue weighted by Gasteiger charge is 2.08. The van der Waals surface area contributed by atoms with Gasteiger partial charge in [0.05, 0.1) is 5.02 Å². The summed E-state index contributed by atoms with van der Waals surface area (Å²) >= 11 is 12.2. The first kappa shape index (κ1) is 20.1. The van der Waals surface area contributed by atoms with Crippen LogP contribution in [-0.2, 0) is 11.3 Å². The third kappa shape index (κ3) is 5.91. The zero-order valence-electron chi connectivity index (χ0n) is 15.3. The molecular formula is C22H20Cl2N2O2. The molecule has 0 fully saturated rings. The molecule has 144 valence electrons. The highest BCUT2D eigenvalue weighted by atomic mass is 35.5. The van der Waals surface area contributed by atoms with E-state index in [1.54, 1.807) is 6.07 Å². The molecule has 3 aromatic rings.